The van der Waals surface area contributed by atoms with Gasteiger partial charge in [-0.15, -0.1) is 0 Å². The second-order valence-corrected chi connectivity index (χ2v) is 8.28. The van der Waals surface area contributed by atoms with E-state index < -0.39 is 0 Å². The summed E-state index contributed by atoms with van der Waals surface area (Å²) in [6, 6.07) is 0. The molecule has 3 rings (SSSR count). The molecule has 0 amide bonds. The van der Waals surface area contributed by atoms with Crippen LogP contribution in [0.1, 0.15) is 30.9 Å². The number of aromatic nitrogens is 2. The molecule has 0 bridgehead atoms. The van der Waals surface area contributed by atoms with Gasteiger partial charge in [0.25, 0.3) is 5.56 Å². The second kappa shape index (κ2) is 6.94. The van der Waals surface area contributed by atoms with E-state index in [9.17, 15) is 4.79 Å². The molecule has 0 saturated carbocycles. The first-order valence-electron chi connectivity index (χ1n) is 9.04. The summed E-state index contributed by atoms with van der Waals surface area (Å²) in [5.41, 5.74) is 2.14. The molecule has 0 aliphatic carbocycles. The predicted molar refractivity (Wildman–Crippen MR) is 96.3 cm³/mol. The van der Waals surface area contributed by atoms with Crippen LogP contribution < -0.4 is 5.56 Å². The molecule has 1 fully saturated rings. The minimum atomic E-state index is 0.0499. The van der Waals surface area contributed by atoms with Crippen LogP contribution in [-0.4, -0.2) is 77.5 Å². The molecule has 2 aliphatic heterocycles. The van der Waals surface area contributed by atoms with E-state index in [0.29, 0.717) is 0 Å². The first kappa shape index (κ1) is 17.6. The maximum Gasteiger partial charge on any atom is 0.254 e. The fourth-order valence-electron chi connectivity index (χ4n) is 4.02. The van der Waals surface area contributed by atoms with Gasteiger partial charge < -0.3 is 14.8 Å². The van der Waals surface area contributed by atoms with E-state index in [1.54, 1.807) is 0 Å². The number of rotatable bonds is 4. The van der Waals surface area contributed by atoms with Crippen LogP contribution in [0.4, 0.5) is 0 Å². The summed E-state index contributed by atoms with van der Waals surface area (Å²) in [4.78, 5) is 26.9. The van der Waals surface area contributed by atoms with E-state index in [4.69, 9.17) is 0 Å². The van der Waals surface area contributed by atoms with Crippen LogP contribution >= 0.6 is 0 Å². The molecule has 1 aromatic heterocycles. The Labute approximate surface area is 144 Å². The summed E-state index contributed by atoms with van der Waals surface area (Å²) < 4.78 is 0. The number of aryl methyl sites for hydroxylation is 1. The Balaban J connectivity index is 1.60. The zero-order chi connectivity index (χ0) is 17.3. The number of hydrogen-bond acceptors (Lipinski definition) is 5. The minimum Gasteiger partial charge on any atom is -0.311 e. The fourth-order valence-corrected chi connectivity index (χ4v) is 4.02. The topological polar surface area (TPSA) is 55.5 Å². The standard InChI is InChI=1S/C18H31N5O/c1-14-19-16-11-23(6-5-15(16)17(24)20-14)13-18(2,3)12-22-9-7-21(4)8-10-22/h5-13H2,1-4H3,(H,19,20,24). The third-order valence-electron chi connectivity index (χ3n) is 5.17. The molecule has 0 unspecified atom stereocenters. The normalized spacial score (nSPS) is 21.0. The zero-order valence-electron chi connectivity index (χ0n) is 15.6. The SMILES string of the molecule is Cc1nc2c(c(=O)[nH]1)CCN(CC(C)(C)CN1CCN(C)CC1)C2. The number of H-pyrrole nitrogens is 1. The highest BCUT2D eigenvalue weighted by Crippen LogP contribution is 2.23. The van der Waals surface area contributed by atoms with E-state index in [1.807, 2.05) is 6.92 Å². The minimum absolute atomic E-state index is 0.0499. The Hall–Kier alpha value is -1.24. The van der Waals surface area contributed by atoms with Crippen molar-refractivity contribution in [1.29, 1.82) is 0 Å². The Kier molecular flexibility index (Phi) is 5.08. The molecule has 0 spiro atoms. The molecular weight excluding hydrogens is 302 g/mol. The highest BCUT2D eigenvalue weighted by molar-refractivity contribution is 5.20. The molecule has 1 N–H and O–H groups in total. The quantitative estimate of drug-likeness (QED) is 0.879. The summed E-state index contributed by atoms with van der Waals surface area (Å²) in [5.74, 6) is 0.720. The van der Waals surface area contributed by atoms with Gasteiger partial charge in [-0.2, -0.15) is 0 Å². The number of likely N-dealkylation sites (N-methyl/N-ethyl adjacent to an activating group) is 1. The first-order chi connectivity index (χ1) is 11.3. The lowest BCUT2D eigenvalue weighted by Crippen LogP contribution is -2.50. The summed E-state index contributed by atoms with van der Waals surface area (Å²) >= 11 is 0. The van der Waals surface area contributed by atoms with Gasteiger partial charge >= 0.3 is 0 Å². The third-order valence-corrected chi connectivity index (χ3v) is 5.17. The number of nitrogens with one attached hydrogen (secondary N) is 1. The van der Waals surface area contributed by atoms with E-state index in [0.717, 1.165) is 49.7 Å². The third kappa shape index (κ3) is 4.23. The Morgan fingerprint density at radius 2 is 1.75 bits per heavy atom. The fraction of sp³-hybridized carbons (Fsp3) is 0.778. The summed E-state index contributed by atoms with van der Waals surface area (Å²) in [6.45, 7) is 15.2. The van der Waals surface area contributed by atoms with Crippen molar-refractivity contribution in [2.45, 2.75) is 33.7 Å². The molecule has 1 saturated heterocycles. The van der Waals surface area contributed by atoms with Gasteiger partial charge in [0.2, 0.25) is 0 Å². The van der Waals surface area contributed by atoms with Crippen molar-refractivity contribution >= 4 is 0 Å². The van der Waals surface area contributed by atoms with Crippen LogP contribution in [0, 0.1) is 12.3 Å². The van der Waals surface area contributed by atoms with Gasteiger partial charge in [0, 0.05) is 57.9 Å². The molecule has 0 aromatic carbocycles. The second-order valence-electron chi connectivity index (χ2n) is 8.28. The molecule has 0 atom stereocenters. The van der Waals surface area contributed by atoms with Gasteiger partial charge in [0.15, 0.2) is 0 Å². The zero-order valence-corrected chi connectivity index (χ0v) is 15.6. The van der Waals surface area contributed by atoms with E-state index in [-0.39, 0.29) is 11.0 Å². The van der Waals surface area contributed by atoms with Crippen LogP contribution in [0.25, 0.3) is 0 Å². The van der Waals surface area contributed by atoms with E-state index in [2.05, 4.69) is 45.6 Å². The lowest BCUT2D eigenvalue weighted by atomic mass is 9.90. The number of fused-ring (bicyclic) bond motifs is 1. The van der Waals surface area contributed by atoms with Gasteiger partial charge in [0.1, 0.15) is 5.82 Å². The number of hydrogen-bond donors (Lipinski definition) is 1. The summed E-state index contributed by atoms with van der Waals surface area (Å²) in [5, 5.41) is 0. The van der Waals surface area contributed by atoms with E-state index in [1.165, 1.54) is 26.2 Å². The largest absolute Gasteiger partial charge is 0.311 e. The van der Waals surface area contributed by atoms with Crippen LogP contribution in [0.2, 0.25) is 0 Å². The van der Waals surface area contributed by atoms with Crippen LogP contribution in [0.15, 0.2) is 4.79 Å². The molecule has 6 heteroatoms. The summed E-state index contributed by atoms with van der Waals surface area (Å²) in [7, 11) is 2.20. The number of piperazine rings is 1. The number of nitrogens with zero attached hydrogens (tertiary/aromatic N) is 4. The van der Waals surface area contributed by atoms with Crippen LogP contribution in [0.5, 0.6) is 0 Å². The average molecular weight is 333 g/mol. The molecular formula is C18H31N5O. The maximum absolute atomic E-state index is 12.0. The van der Waals surface area contributed by atoms with Crippen molar-refractivity contribution in [2.24, 2.45) is 5.41 Å². The van der Waals surface area contributed by atoms with Crippen molar-refractivity contribution in [3.8, 4) is 0 Å². The highest BCUT2D eigenvalue weighted by atomic mass is 16.1. The van der Waals surface area contributed by atoms with Crippen molar-refractivity contribution in [2.75, 3.05) is 52.9 Å². The van der Waals surface area contributed by atoms with Crippen molar-refractivity contribution < 1.29 is 0 Å². The first-order valence-corrected chi connectivity index (χ1v) is 9.04. The molecule has 1 aromatic rings. The number of aromatic amines is 1. The molecule has 6 nitrogen and oxygen atoms in total. The molecule has 2 aliphatic rings. The Bertz CT molecular complexity index is 631. The molecule has 3 heterocycles. The maximum atomic E-state index is 12.0. The monoisotopic (exact) mass is 333 g/mol. The molecule has 0 radical (unpaired) electrons. The lowest BCUT2D eigenvalue weighted by Gasteiger charge is -2.40. The highest BCUT2D eigenvalue weighted by Gasteiger charge is 2.29. The van der Waals surface area contributed by atoms with E-state index >= 15 is 0 Å². The summed E-state index contributed by atoms with van der Waals surface area (Å²) in [6.07, 6.45) is 0.808. The molecule has 24 heavy (non-hydrogen) atoms. The van der Waals surface area contributed by atoms with Crippen LogP contribution in [-0.2, 0) is 13.0 Å². The van der Waals surface area contributed by atoms with Gasteiger partial charge in [-0.25, -0.2) is 4.98 Å². The van der Waals surface area contributed by atoms with Crippen LogP contribution in [0.3, 0.4) is 0 Å². The smallest absolute Gasteiger partial charge is 0.254 e. The van der Waals surface area contributed by atoms with Crippen molar-refractivity contribution in [3.63, 3.8) is 0 Å². The average Bonchev–Trinajstić information content (AvgIpc) is 2.48. The van der Waals surface area contributed by atoms with Gasteiger partial charge in [0.05, 0.1) is 5.69 Å². The predicted octanol–water partition coefficient (Wildman–Crippen LogP) is 0.710. The Morgan fingerprint density at radius 3 is 2.46 bits per heavy atom. The van der Waals surface area contributed by atoms with Gasteiger partial charge in [-0.3, -0.25) is 9.69 Å². The van der Waals surface area contributed by atoms with Crippen molar-refractivity contribution in [3.05, 3.63) is 27.4 Å². The molecule has 134 valence electrons. The van der Waals surface area contributed by atoms with Crippen molar-refractivity contribution in [1.82, 2.24) is 24.7 Å². The van der Waals surface area contributed by atoms with Gasteiger partial charge in [-0.1, -0.05) is 13.8 Å². The lowest BCUT2D eigenvalue weighted by molar-refractivity contribution is 0.0805. The van der Waals surface area contributed by atoms with Gasteiger partial charge in [-0.05, 0) is 25.8 Å². The Morgan fingerprint density at radius 1 is 1.08 bits per heavy atom.